The molecule has 0 atom stereocenters. The Hall–Kier alpha value is -2.37. The molecule has 0 aromatic heterocycles. The monoisotopic (exact) mass is 495 g/mol. The van der Waals surface area contributed by atoms with E-state index in [0.717, 1.165) is 5.56 Å². The zero-order chi connectivity index (χ0) is 22.4. The van der Waals surface area contributed by atoms with Gasteiger partial charge in [0.2, 0.25) is 5.91 Å². The highest BCUT2D eigenvalue weighted by atomic mass is 35.5. The van der Waals surface area contributed by atoms with Crippen molar-refractivity contribution >= 4 is 64.1 Å². The third-order valence-electron chi connectivity index (χ3n) is 4.18. The third-order valence-corrected chi connectivity index (χ3v) is 5.32. The van der Waals surface area contributed by atoms with E-state index in [1.165, 1.54) is 13.2 Å². The summed E-state index contributed by atoms with van der Waals surface area (Å²) in [5.74, 6) is 0.701. The molecule has 31 heavy (non-hydrogen) atoms. The molecule has 0 saturated heterocycles. The fourth-order valence-corrected chi connectivity index (χ4v) is 3.74. The summed E-state index contributed by atoms with van der Waals surface area (Å²) in [6, 6.07) is 15.4. The summed E-state index contributed by atoms with van der Waals surface area (Å²) in [7, 11) is 1.54. The Bertz CT molecular complexity index is 1090. The molecule has 0 saturated carbocycles. The zero-order valence-corrected chi connectivity index (χ0v) is 19.3. The van der Waals surface area contributed by atoms with Gasteiger partial charge in [-0.2, -0.15) is 0 Å². The second-order valence-electron chi connectivity index (χ2n) is 6.38. The number of hydrogen-bond donors (Lipinski definition) is 1. The second-order valence-corrected chi connectivity index (χ2v) is 8.07. The molecule has 0 spiro atoms. The maximum atomic E-state index is 12.2. The molecule has 0 aliphatic heterocycles. The van der Waals surface area contributed by atoms with Crippen LogP contribution >= 0.6 is 46.4 Å². The molecule has 0 heterocycles. The summed E-state index contributed by atoms with van der Waals surface area (Å²) in [5.41, 5.74) is 1.95. The van der Waals surface area contributed by atoms with Gasteiger partial charge in [0.15, 0.2) is 11.5 Å². The third kappa shape index (κ3) is 6.55. The van der Waals surface area contributed by atoms with Gasteiger partial charge in [-0.25, -0.2) is 0 Å². The standard InChI is InChI=1S/C23H17Cl4NO3/c1-30-22-9-14(6-8-23(29)28-17-11-15(24)10-16(25)12-17)5-7-21(22)31-13-18-19(26)3-2-4-20(18)27/h2-12H,13H2,1H3,(H,28,29). The summed E-state index contributed by atoms with van der Waals surface area (Å²) in [4.78, 5) is 12.2. The van der Waals surface area contributed by atoms with Crippen LogP contribution in [0.4, 0.5) is 5.69 Å². The zero-order valence-electron chi connectivity index (χ0n) is 16.3. The SMILES string of the molecule is COc1cc(C=CC(=O)Nc2cc(Cl)cc(Cl)c2)ccc1OCc1c(Cl)cccc1Cl. The Morgan fingerprint density at radius 3 is 2.26 bits per heavy atom. The molecule has 160 valence electrons. The van der Waals surface area contributed by atoms with Crippen molar-refractivity contribution in [1.29, 1.82) is 0 Å². The van der Waals surface area contributed by atoms with Gasteiger partial charge in [0.25, 0.3) is 0 Å². The van der Waals surface area contributed by atoms with E-state index >= 15 is 0 Å². The van der Waals surface area contributed by atoms with Crippen molar-refractivity contribution in [3.05, 3.63) is 91.9 Å². The number of methoxy groups -OCH3 is 1. The van der Waals surface area contributed by atoms with Gasteiger partial charge in [0.05, 0.1) is 7.11 Å². The molecule has 8 heteroatoms. The Balaban J connectivity index is 1.68. The Kier molecular flexibility index (Phi) is 8.10. The lowest BCUT2D eigenvalue weighted by atomic mass is 10.2. The molecular weight excluding hydrogens is 480 g/mol. The molecule has 0 bridgehead atoms. The topological polar surface area (TPSA) is 47.6 Å². The first-order chi connectivity index (χ1) is 14.9. The lowest BCUT2D eigenvalue weighted by molar-refractivity contribution is -0.111. The molecule has 0 aliphatic rings. The van der Waals surface area contributed by atoms with Crippen molar-refractivity contribution < 1.29 is 14.3 Å². The molecule has 3 rings (SSSR count). The summed E-state index contributed by atoms with van der Waals surface area (Å²) in [6.07, 6.45) is 3.05. The maximum absolute atomic E-state index is 12.2. The molecule has 3 aromatic rings. The van der Waals surface area contributed by atoms with Crippen LogP contribution in [0.15, 0.2) is 60.7 Å². The highest BCUT2D eigenvalue weighted by molar-refractivity contribution is 6.36. The summed E-state index contributed by atoms with van der Waals surface area (Å²) >= 11 is 24.3. The first-order valence-corrected chi connectivity index (χ1v) is 10.6. The van der Waals surface area contributed by atoms with Crippen molar-refractivity contribution in [2.45, 2.75) is 6.61 Å². The van der Waals surface area contributed by atoms with Gasteiger partial charge < -0.3 is 14.8 Å². The fourth-order valence-electron chi connectivity index (χ4n) is 2.71. The number of carbonyl (C=O) groups excluding carboxylic acids is 1. The van der Waals surface area contributed by atoms with Crippen LogP contribution in [0.3, 0.4) is 0 Å². The van der Waals surface area contributed by atoms with Gasteiger partial charge in [-0.15, -0.1) is 0 Å². The number of anilines is 1. The molecule has 0 unspecified atom stereocenters. The van der Waals surface area contributed by atoms with E-state index in [4.69, 9.17) is 55.9 Å². The quantitative estimate of drug-likeness (QED) is 0.343. The number of hydrogen-bond acceptors (Lipinski definition) is 3. The average molecular weight is 497 g/mol. The Morgan fingerprint density at radius 1 is 0.935 bits per heavy atom. The Labute approximate surface area is 200 Å². The van der Waals surface area contributed by atoms with Crippen LogP contribution in [-0.2, 0) is 11.4 Å². The normalized spacial score (nSPS) is 10.9. The van der Waals surface area contributed by atoms with Crippen molar-refractivity contribution in [1.82, 2.24) is 0 Å². The molecular formula is C23H17Cl4NO3. The van der Waals surface area contributed by atoms with Gasteiger partial charge in [-0.3, -0.25) is 4.79 Å². The van der Waals surface area contributed by atoms with Gasteiger partial charge >= 0.3 is 0 Å². The van der Waals surface area contributed by atoms with Crippen LogP contribution in [0.25, 0.3) is 6.08 Å². The number of amides is 1. The molecule has 3 aromatic carbocycles. The predicted octanol–water partition coefficient (Wildman–Crippen LogP) is 7.54. The molecule has 0 fully saturated rings. The van der Waals surface area contributed by atoms with E-state index in [2.05, 4.69) is 5.32 Å². The molecule has 1 N–H and O–H groups in total. The molecule has 1 amide bonds. The highest BCUT2D eigenvalue weighted by Gasteiger charge is 2.10. The minimum absolute atomic E-state index is 0.189. The van der Waals surface area contributed by atoms with E-state index in [9.17, 15) is 4.79 Å². The van der Waals surface area contributed by atoms with Gasteiger partial charge in [-0.05, 0) is 54.1 Å². The van der Waals surface area contributed by atoms with Gasteiger partial charge in [0.1, 0.15) is 6.61 Å². The summed E-state index contributed by atoms with van der Waals surface area (Å²) < 4.78 is 11.2. The predicted molar refractivity (Wildman–Crippen MR) is 128 cm³/mol. The largest absolute Gasteiger partial charge is 0.493 e. The Morgan fingerprint density at radius 2 is 1.61 bits per heavy atom. The first-order valence-electron chi connectivity index (χ1n) is 9.04. The number of ether oxygens (including phenoxy) is 2. The van der Waals surface area contributed by atoms with Crippen molar-refractivity contribution in [2.75, 3.05) is 12.4 Å². The van der Waals surface area contributed by atoms with Crippen LogP contribution in [-0.4, -0.2) is 13.0 Å². The highest BCUT2D eigenvalue weighted by Crippen LogP contribution is 2.31. The number of nitrogens with one attached hydrogen (secondary N) is 1. The summed E-state index contributed by atoms with van der Waals surface area (Å²) in [6.45, 7) is 0.189. The second kappa shape index (κ2) is 10.8. The molecule has 0 radical (unpaired) electrons. The van der Waals surface area contributed by atoms with Crippen LogP contribution in [0, 0.1) is 0 Å². The van der Waals surface area contributed by atoms with Gasteiger partial charge in [-0.1, -0.05) is 58.5 Å². The minimum Gasteiger partial charge on any atom is -0.493 e. The number of carbonyl (C=O) groups is 1. The van der Waals surface area contributed by atoms with Crippen molar-refractivity contribution in [2.24, 2.45) is 0 Å². The first kappa shape index (κ1) is 23.3. The minimum atomic E-state index is -0.328. The smallest absolute Gasteiger partial charge is 0.248 e. The molecule has 0 aliphatic carbocycles. The lowest BCUT2D eigenvalue weighted by Gasteiger charge is -2.13. The maximum Gasteiger partial charge on any atom is 0.248 e. The van der Waals surface area contributed by atoms with E-state index < -0.39 is 0 Å². The number of halogens is 4. The molecule has 4 nitrogen and oxygen atoms in total. The lowest BCUT2D eigenvalue weighted by Crippen LogP contribution is -2.07. The van der Waals surface area contributed by atoms with Crippen LogP contribution in [0.5, 0.6) is 11.5 Å². The van der Waals surface area contributed by atoms with E-state index in [-0.39, 0.29) is 12.5 Å². The average Bonchev–Trinajstić information content (AvgIpc) is 2.71. The van der Waals surface area contributed by atoms with Crippen LogP contribution in [0.1, 0.15) is 11.1 Å². The van der Waals surface area contributed by atoms with E-state index in [1.807, 2.05) is 0 Å². The van der Waals surface area contributed by atoms with Crippen LogP contribution < -0.4 is 14.8 Å². The fraction of sp³-hybridized carbons (Fsp3) is 0.0870. The number of rotatable bonds is 7. The van der Waals surface area contributed by atoms with Crippen LogP contribution in [0.2, 0.25) is 20.1 Å². The summed E-state index contributed by atoms with van der Waals surface area (Å²) in [5, 5.41) is 4.63. The van der Waals surface area contributed by atoms with Crippen molar-refractivity contribution in [3.63, 3.8) is 0 Å². The number of benzene rings is 3. The van der Waals surface area contributed by atoms with E-state index in [1.54, 1.807) is 60.7 Å². The van der Waals surface area contributed by atoms with Crippen molar-refractivity contribution in [3.8, 4) is 11.5 Å². The van der Waals surface area contributed by atoms with Gasteiger partial charge in [0, 0.05) is 37.4 Å². The van der Waals surface area contributed by atoms with E-state index in [0.29, 0.717) is 42.8 Å².